The van der Waals surface area contributed by atoms with Gasteiger partial charge < -0.3 is 19.9 Å². The molecule has 182 valence electrons. The minimum Gasteiger partial charge on any atom is -0.378 e. The number of H-pyrrole nitrogens is 1. The average Bonchev–Trinajstić information content (AvgIpc) is 3.62. The Morgan fingerprint density at radius 1 is 1.11 bits per heavy atom. The zero-order valence-corrected chi connectivity index (χ0v) is 20.4. The lowest BCUT2D eigenvalue weighted by atomic mass is 9.93. The summed E-state index contributed by atoms with van der Waals surface area (Å²) in [5.41, 5.74) is 2.43. The molecule has 0 radical (unpaired) electrons. The number of aromatic nitrogens is 3. The number of hydrogen-bond donors (Lipinski definition) is 2. The Morgan fingerprint density at radius 3 is 2.94 bits per heavy atom. The summed E-state index contributed by atoms with van der Waals surface area (Å²) in [6.45, 7) is 7.36. The quantitative estimate of drug-likeness (QED) is 0.449. The second-order valence-corrected chi connectivity index (χ2v) is 11.1. The molecule has 7 rings (SSSR count). The maximum atomic E-state index is 14.5. The standard InChI is InChI=1S/C26H29FN6OS/c27-17-11-20(19-2-5-29-22(19)12-17)25-30-23-13-18(15-32-6-3-21-16(14-32)1-4-28-21)35-24(23)26(31-25)33-7-9-34-10-8-33/h2,5,11-13,16,21,28-29H,1,3-4,6-10,14-15H2/t16-,21+/m1/s1. The molecule has 3 fully saturated rings. The van der Waals surface area contributed by atoms with Crippen molar-refractivity contribution in [2.45, 2.75) is 25.4 Å². The molecule has 3 saturated heterocycles. The summed E-state index contributed by atoms with van der Waals surface area (Å²) in [7, 11) is 0. The first-order valence-electron chi connectivity index (χ1n) is 12.6. The maximum absolute atomic E-state index is 14.5. The number of aromatic amines is 1. The molecule has 2 atom stereocenters. The monoisotopic (exact) mass is 492 g/mol. The van der Waals surface area contributed by atoms with Crippen molar-refractivity contribution in [3.05, 3.63) is 41.2 Å². The molecule has 0 unspecified atom stereocenters. The Morgan fingerprint density at radius 2 is 2.03 bits per heavy atom. The molecule has 3 aromatic heterocycles. The summed E-state index contributed by atoms with van der Waals surface area (Å²) in [5, 5.41) is 4.59. The van der Waals surface area contributed by atoms with Gasteiger partial charge in [-0.15, -0.1) is 11.3 Å². The fourth-order valence-corrected chi connectivity index (χ4v) is 7.11. The third kappa shape index (κ3) is 4.00. The molecule has 2 N–H and O–H groups in total. The number of nitrogens with one attached hydrogen (secondary N) is 2. The van der Waals surface area contributed by atoms with Gasteiger partial charge in [0.1, 0.15) is 5.82 Å². The number of fused-ring (bicyclic) bond motifs is 3. The van der Waals surface area contributed by atoms with Crippen LogP contribution in [0.25, 0.3) is 32.5 Å². The molecule has 0 spiro atoms. The maximum Gasteiger partial charge on any atom is 0.163 e. The van der Waals surface area contributed by atoms with Gasteiger partial charge in [-0.05, 0) is 49.6 Å². The van der Waals surface area contributed by atoms with E-state index in [-0.39, 0.29) is 5.82 Å². The minimum absolute atomic E-state index is 0.289. The Kier molecular flexibility index (Phi) is 5.46. The van der Waals surface area contributed by atoms with Crippen molar-refractivity contribution in [1.29, 1.82) is 0 Å². The van der Waals surface area contributed by atoms with Crippen molar-refractivity contribution < 1.29 is 9.13 Å². The lowest BCUT2D eigenvalue weighted by Crippen LogP contribution is -2.43. The molecule has 9 heteroatoms. The van der Waals surface area contributed by atoms with Crippen LogP contribution in [0.5, 0.6) is 0 Å². The van der Waals surface area contributed by atoms with Crippen molar-refractivity contribution in [3.8, 4) is 11.4 Å². The normalized spacial score (nSPS) is 23.4. The van der Waals surface area contributed by atoms with Gasteiger partial charge in [0, 0.05) is 66.3 Å². The summed E-state index contributed by atoms with van der Waals surface area (Å²) in [5.74, 6) is 1.99. The second kappa shape index (κ2) is 8.81. The number of piperidine rings is 1. The number of benzene rings is 1. The number of nitrogens with zero attached hydrogens (tertiary/aromatic N) is 4. The van der Waals surface area contributed by atoms with Gasteiger partial charge in [0.25, 0.3) is 0 Å². The van der Waals surface area contributed by atoms with Gasteiger partial charge in [0.15, 0.2) is 11.6 Å². The zero-order valence-electron chi connectivity index (χ0n) is 19.6. The predicted octanol–water partition coefficient (Wildman–Crippen LogP) is 4.00. The highest BCUT2D eigenvalue weighted by Gasteiger charge is 2.32. The lowest BCUT2D eigenvalue weighted by molar-refractivity contribution is 0.122. The molecule has 0 saturated carbocycles. The Labute approximate surface area is 207 Å². The highest BCUT2D eigenvalue weighted by Crippen LogP contribution is 2.37. The first kappa shape index (κ1) is 21.7. The van der Waals surface area contributed by atoms with Crippen LogP contribution in [0.15, 0.2) is 30.5 Å². The molecular formula is C26H29FN6OS. The average molecular weight is 493 g/mol. The number of halogens is 1. The van der Waals surface area contributed by atoms with E-state index in [1.807, 2.05) is 12.3 Å². The van der Waals surface area contributed by atoms with E-state index >= 15 is 0 Å². The Bertz CT molecular complexity index is 1380. The number of likely N-dealkylation sites (tertiary alicyclic amines) is 1. The van der Waals surface area contributed by atoms with E-state index in [9.17, 15) is 4.39 Å². The van der Waals surface area contributed by atoms with Gasteiger partial charge in [-0.2, -0.15) is 0 Å². The lowest BCUT2D eigenvalue weighted by Gasteiger charge is -2.34. The van der Waals surface area contributed by atoms with Crippen molar-refractivity contribution in [2.75, 3.05) is 50.8 Å². The topological polar surface area (TPSA) is 69.3 Å². The van der Waals surface area contributed by atoms with Gasteiger partial charge >= 0.3 is 0 Å². The van der Waals surface area contributed by atoms with E-state index in [0.717, 1.165) is 77.7 Å². The minimum atomic E-state index is -0.289. The molecule has 1 aromatic carbocycles. The van der Waals surface area contributed by atoms with Crippen LogP contribution in [0, 0.1) is 11.7 Å². The van der Waals surface area contributed by atoms with Crippen LogP contribution in [-0.2, 0) is 11.3 Å². The number of hydrogen-bond acceptors (Lipinski definition) is 7. The molecule has 7 nitrogen and oxygen atoms in total. The molecule has 0 amide bonds. The summed E-state index contributed by atoms with van der Waals surface area (Å²) >= 11 is 1.80. The van der Waals surface area contributed by atoms with Crippen molar-refractivity contribution in [2.24, 2.45) is 5.92 Å². The summed E-state index contributed by atoms with van der Waals surface area (Å²) in [6, 6.07) is 7.96. The third-order valence-corrected chi connectivity index (χ3v) is 8.81. The first-order valence-corrected chi connectivity index (χ1v) is 13.4. The number of morpholine rings is 1. The second-order valence-electron chi connectivity index (χ2n) is 9.92. The van der Waals surface area contributed by atoms with E-state index in [2.05, 4.69) is 26.2 Å². The molecule has 0 aliphatic carbocycles. The van der Waals surface area contributed by atoms with E-state index in [1.54, 1.807) is 17.4 Å². The van der Waals surface area contributed by atoms with E-state index < -0.39 is 0 Å². The van der Waals surface area contributed by atoms with Crippen molar-refractivity contribution in [1.82, 2.24) is 25.2 Å². The fraction of sp³-hybridized carbons (Fsp3) is 0.462. The third-order valence-electron chi connectivity index (χ3n) is 7.71. The largest absolute Gasteiger partial charge is 0.378 e. The van der Waals surface area contributed by atoms with Gasteiger partial charge in [0.2, 0.25) is 0 Å². The van der Waals surface area contributed by atoms with Crippen LogP contribution in [0.4, 0.5) is 10.2 Å². The molecule has 4 aromatic rings. The smallest absolute Gasteiger partial charge is 0.163 e. The van der Waals surface area contributed by atoms with Crippen LogP contribution in [0.3, 0.4) is 0 Å². The van der Waals surface area contributed by atoms with Crippen LogP contribution in [0.2, 0.25) is 0 Å². The Balaban J connectivity index is 1.29. The zero-order chi connectivity index (χ0) is 23.4. The number of thiophene rings is 1. The molecule has 35 heavy (non-hydrogen) atoms. The van der Waals surface area contributed by atoms with Crippen LogP contribution in [0.1, 0.15) is 17.7 Å². The summed E-state index contributed by atoms with van der Waals surface area (Å²) < 4.78 is 21.2. The fourth-order valence-electron chi connectivity index (χ4n) is 5.96. The first-order chi connectivity index (χ1) is 17.2. The van der Waals surface area contributed by atoms with Crippen LogP contribution >= 0.6 is 11.3 Å². The van der Waals surface area contributed by atoms with Gasteiger partial charge in [0.05, 0.1) is 23.4 Å². The Hall–Kier alpha value is -2.59. The molecule has 3 aliphatic rings. The van der Waals surface area contributed by atoms with E-state index in [1.165, 1.54) is 23.8 Å². The highest BCUT2D eigenvalue weighted by atomic mass is 32.1. The molecule has 3 aliphatic heterocycles. The van der Waals surface area contributed by atoms with Crippen molar-refractivity contribution in [3.63, 3.8) is 0 Å². The SMILES string of the molecule is Fc1cc(-c2nc(N3CCOCC3)c3sc(CN4CC[C@@H]5NCC[C@@H]5C4)cc3n2)c2cc[nH]c2c1. The van der Waals surface area contributed by atoms with Gasteiger partial charge in [-0.1, -0.05) is 0 Å². The molecule has 6 heterocycles. The predicted molar refractivity (Wildman–Crippen MR) is 137 cm³/mol. The van der Waals surface area contributed by atoms with Gasteiger partial charge in [-0.3, -0.25) is 4.90 Å². The van der Waals surface area contributed by atoms with E-state index in [4.69, 9.17) is 14.7 Å². The summed E-state index contributed by atoms with van der Waals surface area (Å²) in [6.07, 6.45) is 4.34. The molecular weight excluding hydrogens is 463 g/mol. The number of rotatable bonds is 4. The van der Waals surface area contributed by atoms with Gasteiger partial charge in [-0.25, -0.2) is 14.4 Å². The number of ether oxygens (including phenoxy) is 1. The van der Waals surface area contributed by atoms with Crippen LogP contribution < -0.4 is 10.2 Å². The highest BCUT2D eigenvalue weighted by molar-refractivity contribution is 7.19. The van der Waals surface area contributed by atoms with Crippen LogP contribution in [-0.4, -0.2) is 71.8 Å². The molecule has 0 bridgehead atoms. The van der Waals surface area contributed by atoms with E-state index in [0.29, 0.717) is 25.1 Å². The number of anilines is 1. The van der Waals surface area contributed by atoms with Crippen molar-refractivity contribution >= 4 is 38.3 Å². The summed E-state index contributed by atoms with van der Waals surface area (Å²) in [4.78, 5) is 19.3.